The third-order valence-corrected chi connectivity index (χ3v) is 6.11. The first-order chi connectivity index (χ1) is 9.70. The molecule has 1 aliphatic heterocycles. The van der Waals surface area contributed by atoms with E-state index in [1.165, 1.54) is 4.88 Å². The van der Waals surface area contributed by atoms with Gasteiger partial charge in [0.05, 0.1) is 4.34 Å². The quantitative estimate of drug-likeness (QED) is 0.856. The van der Waals surface area contributed by atoms with Gasteiger partial charge in [0.25, 0.3) is 0 Å². The second-order valence-electron chi connectivity index (χ2n) is 7.65. The Morgan fingerprint density at radius 3 is 2.43 bits per heavy atom. The zero-order chi connectivity index (χ0) is 15.8. The van der Waals surface area contributed by atoms with Crippen molar-refractivity contribution in [3.63, 3.8) is 0 Å². The van der Waals surface area contributed by atoms with Gasteiger partial charge in [-0.2, -0.15) is 0 Å². The number of hydrogen-bond donors (Lipinski definition) is 1. The molecule has 0 amide bonds. The van der Waals surface area contributed by atoms with Crippen LogP contribution in [-0.2, 0) is 0 Å². The summed E-state index contributed by atoms with van der Waals surface area (Å²) in [5.41, 5.74) is 0.285. The minimum Gasteiger partial charge on any atom is -0.311 e. The molecule has 1 fully saturated rings. The van der Waals surface area contributed by atoms with Crippen LogP contribution in [0.4, 0.5) is 0 Å². The Hall–Kier alpha value is -0.0900. The van der Waals surface area contributed by atoms with Gasteiger partial charge in [-0.3, -0.25) is 4.90 Å². The highest BCUT2D eigenvalue weighted by Crippen LogP contribution is 2.35. The van der Waals surface area contributed by atoms with Crippen LogP contribution in [0.2, 0.25) is 4.34 Å². The van der Waals surface area contributed by atoms with Crippen molar-refractivity contribution < 1.29 is 0 Å². The molecule has 0 spiro atoms. The van der Waals surface area contributed by atoms with Crippen molar-refractivity contribution >= 4 is 22.9 Å². The van der Waals surface area contributed by atoms with E-state index < -0.39 is 0 Å². The first-order valence-corrected chi connectivity index (χ1v) is 9.14. The summed E-state index contributed by atoms with van der Waals surface area (Å²) >= 11 is 7.85. The van der Waals surface area contributed by atoms with E-state index in [-0.39, 0.29) is 5.41 Å². The van der Waals surface area contributed by atoms with E-state index in [0.29, 0.717) is 24.0 Å². The van der Waals surface area contributed by atoms with E-state index in [2.05, 4.69) is 57.8 Å². The summed E-state index contributed by atoms with van der Waals surface area (Å²) in [5.74, 6) is 0.649. The smallest absolute Gasteiger partial charge is 0.0931 e. The fourth-order valence-corrected chi connectivity index (χ4v) is 4.28. The molecule has 120 valence electrons. The summed E-state index contributed by atoms with van der Waals surface area (Å²) in [6.45, 7) is 16.1. The van der Waals surface area contributed by atoms with Crippen LogP contribution in [0.15, 0.2) is 12.1 Å². The number of hydrogen-bond acceptors (Lipinski definition) is 3. The van der Waals surface area contributed by atoms with Crippen molar-refractivity contribution in [2.45, 2.75) is 59.7 Å². The molecule has 1 N–H and O–H groups in total. The summed E-state index contributed by atoms with van der Waals surface area (Å²) < 4.78 is 0.889. The summed E-state index contributed by atoms with van der Waals surface area (Å²) in [6.07, 6.45) is 0. The topological polar surface area (TPSA) is 15.3 Å². The Kier molecular flexibility index (Phi) is 5.40. The van der Waals surface area contributed by atoms with Crippen molar-refractivity contribution in [2.75, 3.05) is 13.1 Å². The van der Waals surface area contributed by atoms with Gasteiger partial charge in [-0.15, -0.1) is 11.3 Å². The standard InChI is InChI=1S/C17H29ClN2S/c1-11(2)13-9-19-15(17(4,5)6)10-20(13)12(3)14-7-8-16(18)21-14/h7-8,11-13,15,19H,9-10H2,1-6H3. The molecule has 2 heterocycles. The van der Waals surface area contributed by atoms with Crippen molar-refractivity contribution in [1.29, 1.82) is 0 Å². The largest absolute Gasteiger partial charge is 0.311 e. The summed E-state index contributed by atoms with van der Waals surface area (Å²) in [5, 5.41) is 3.77. The monoisotopic (exact) mass is 328 g/mol. The lowest BCUT2D eigenvalue weighted by atomic mass is 9.83. The second kappa shape index (κ2) is 6.57. The Morgan fingerprint density at radius 1 is 1.29 bits per heavy atom. The third-order valence-electron chi connectivity index (χ3n) is 4.71. The zero-order valence-electron chi connectivity index (χ0n) is 14.1. The molecule has 1 aromatic rings. The number of thiophene rings is 1. The molecule has 3 unspecified atom stereocenters. The van der Waals surface area contributed by atoms with Crippen LogP contribution in [0.25, 0.3) is 0 Å². The van der Waals surface area contributed by atoms with Crippen molar-refractivity contribution in [2.24, 2.45) is 11.3 Å². The Labute approximate surface area is 138 Å². The highest BCUT2D eigenvalue weighted by molar-refractivity contribution is 7.16. The van der Waals surface area contributed by atoms with Crippen LogP contribution >= 0.6 is 22.9 Å². The number of nitrogens with zero attached hydrogens (tertiary/aromatic N) is 1. The van der Waals surface area contributed by atoms with E-state index in [1.807, 2.05) is 6.07 Å². The molecule has 1 aliphatic rings. The Bertz CT molecular complexity index is 464. The summed E-state index contributed by atoms with van der Waals surface area (Å²) in [6, 6.07) is 5.75. The maximum atomic E-state index is 6.13. The summed E-state index contributed by atoms with van der Waals surface area (Å²) in [4.78, 5) is 4.06. The maximum absolute atomic E-state index is 6.13. The molecule has 2 nitrogen and oxygen atoms in total. The zero-order valence-corrected chi connectivity index (χ0v) is 15.7. The van der Waals surface area contributed by atoms with Gasteiger partial charge in [0.15, 0.2) is 0 Å². The predicted octanol–water partition coefficient (Wildman–Crippen LogP) is 4.81. The number of nitrogens with one attached hydrogen (secondary N) is 1. The molecule has 0 bridgehead atoms. The SMILES string of the molecule is CC(C)C1CNC(C(C)(C)C)CN1C(C)c1ccc(Cl)s1. The average molecular weight is 329 g/mol. The van der Waals surface area contributed by atoms with Crippen LogP contribution in [0.1, 0.15) is 52.5 Å². The molecular weight excluding hydrogens is 300 g/mol. The average Bonchev–Trinajstić information content (AvgIpc) is 2.82. The van der Waals surface area contributed by atoms with Gasteiger partial charge in [-0.1, -0.05) is 46.2 Å². The van der Waals surface area contributed by atoms with Crippen molar-refractivity contribution in [1.82, 2.24) is 10.2 Å². The molecule has 0 radical (unpaired) electrons. The minimum absolute atomic E-state index is 0.285. The van der Waals surface area contributed by atoms with Crippen LogP contribution in [0.5, 0.6) is 0 Å². The second-order valence-corrected chi connectivity index (χ2v) is 9.40. The van der Waals surface area contributed by atoms with Crippen molar-refractivity contribution in [3.8, 4) is 0 Å². The molecule has 0 saturated carbocycles. The normalized spacial score (nSPS) is 26.3. The maximum Gasteiger partial charge on any atom is 0.0931 e. The molecule has 4 heteroatoms. The first kappa shape index (κ1) is 17.3. The molecule has 2 rings (SSSR count). The van der Waals surface area contributed by atoms with Crippen molar-refractivity contribution in [3.05, 3.63) is 21.3 Å². The highest BCUT2D eigenvalue weighted by atomic mass is 35.5. The van der Waals surface area contributed by atoms with Crippen LogP contribution < -0.4 is 5.32 Å². The highest BCUT2D eigenvalue weighted by Gasteiger charge is 2.37. The molecular formula is C17H29ClN2S. The lowest BCUT2D eigenvalue weighted by molar-refractivity contribution is 0.0350. The van der Waals surface area contributed by atoms with Gasteiger partial charge in [0, 0.05) is 36.1 Å². The third kappa shape index (κ3) is 4.01. The minimum atomic E-state index is 0.285. The van der Waals surface area contributed by atoms with Gasteiger partial charge in [-0.25, -0.2) is 0 Å². The van der Waals surface area contributed by atoms with E-state index in [1.54, 1.807) is 11.3 Å². The van der Waals surface area contributed by atoms with Gasteiger partial charge in [-0.05, 0) is 30.4 Å². The molecule has 0 aromatic carbocycles. The number of piperazine rings is 1. The van der Waals surface area contributed by atoms with Gasteiger partial charge in [0.2, 0.25) is 0 Å². The molecule has 3 atom stereocenters. The van der Waals surface area contributed by atoms with Crippen LogP contribution in [0, 0.1) is 11.3 Å². The molecule has 0 aliphatic carbocycles. The fourth-order valence-electron chi connectivity index (χ4n) is 3.15. The Balaban J connectivity index is 2.21. The summed E-state index contributed by atoms with van der Waals surface area (Å²) in [7, 11) is 0. The van der Waals surface area contributed by atoms with Gasteiger partial charge >= 0.3 is 0 Å². The van der Waals surface area contributed by atoms with E-state index in [0.717, 1.165) is 17.4 Å². The molecule has 1 aromatic heterocycles. The molecule has 21 heavy (non-hydrogen) atoms. The number of halogens is 1. The number of rotatable bonds is 3. The lowest BCUT2D eigenvalue weighted by Crippen LogP contribution is -2.61. The molecule has 1 saturated heterocycles. The fraction of sp³-hybridized carbons (Fsp3) is 0.765. The van der Waals surface area contributed by atoms with E-state index in [4.69, 9.17) is 11.6 Å². The predicted molar refractivity (Wildman–Crippen MR) is 94.3 cm³/mol. The van der Waals surface area contributed by atoms with E-state index >= 15 is 0 Å². The van der Waals surface area contributed by atoms with Crippen LogP contribution in [0.3, 0.4) is 0 Å². The lowest BCUT2D eigenvalue weighted by Gasteiger charge is -2.48. The van der Waals surface area contributed by atoms with Gasteiger partial charge in [0.1, 0.15) is 0 Å². The van der Waals surface area contributed by atoms with Gasteiger partial charge < -0.3 is 5.32 Å². The van der Waals surface area contributed by atoms with E-state index in [9.17, 15) is 0 Å². The Morgan fingerprint density at radius 2 is 1.95 bits per heavy atom. The first-order valence-electron chi connectivity index (χ1n) is 7.94. The van der Waals surface area contributed by atoms with Crippen LogP contribution in [-0.4, -0.2) is 30.1 Å².